The minimum atomic E-state index is -0.512. The molecule has 1 amide bonds. The van der Waals surface area contributed by atoms with Gasteiger partial charge in [-0.3, -0.25) is 4.79 Å². The van der Waals surface area contributed by atoms with Gasteiger partial charge in [0.25, 0.3) is 0 Å². The van der Waals surface area contributed by atoms with Crippen molar-refractivity contribution in [2.24, 2.45) is 5.41 Å². The van der Waals surface area contributed by atoms with Crippen LogP contribution < -0.4 is 10.6 Å². The zero-order valence-electron chi connectivity index (χ0n) is 12.6. The van der Waals surface area contributed by atoms with Crippen LogP contribution in [0.3, 0.4) is 0 Å². The molecule has 1 aromatic heterocycles. The molecule has 6 nitrogen and oxygen atoms in total. The molecule has 0 saturated heterocycles. The van der Waals surface area contributed by atoms with Crippen molar-refractivity contribution in [1.82, 2.24) is 10.6 Å². The Bertz CT molecular complexity index is 491. The summed E-state index contributed by atoms with van der Waals surface area (Å²) in [6.07, 6.45) is 0. The standard InChI is InChI=1S/C14H22N2O4/c1-9-11(12(17)19-5)6-10(20-9)7-16-8-14(2,3)13(18)15-4/h6,16H,7-8H2,1-5H3,(H,15,18). The van der Waals surface area contributed by atoms with Crippen molar-refractivity contribution in [1.29, 1.82) is 0 Å². The number of amides is 1. The van der Waals surface area contributed by atoms with Crippen LogP contribution >= 0.6 is 0 Å². The van der Waals surface area contributed by atoms with Crippen LogP contribution in [0.1, 0.15) is 35.7 Å². The number of furan rings is 1. The first-order valence-electron chi connectivity index (χ1n) is 6.42. The molecule has 20 heavy (non-hydrogen) atoms. The van der Waals surface area contributed by atoms with Crippen molar-refractivity contribution >= 4 is 11.9 Å². The summed E-state index contributed by atoms with van der Waals surface area (Å²) >= 11 is 0. The molecule has 0 saturated carbocycles. The number of aryl methyl sites for hydroxylation is 1. The number of carbonyl (C=O) groups excluding carboxylic acids is 2. The number of ether oxygens (including phenoxy) is 1. The summed E-state index contributed by atoms with van der Waals surface area (Å²) in [5, 5.41) is 5.77. The second-order valence-corrected chi connectivity index (χ2v) is 5.24. The predicted molar refractivity (Wildman–Crippen MR) is 74.3 cm³/mol. The van der Waals surface area contributed by atoms with Gasteiger partial charge in [-0.05, 0) is 26.8 Å². The summed E-state index contributed by atoms with van der Waals surface area (Å²) in [7, 11) is 2.95. The third-order valence-electron chi connectivity index (χ3n) is 3.08. The van der Waals surface area contributed by atoms with Gasteiger partial charge in [0.15, 0.2) is 0 Å². The molecule has 6 heteroatoms. The van der Waals surface area contributed by atoms with Crippen molar-refractivity contribution in [2.75, 3.05) is 20.7 Å². The third kappa shape index (κ3) is 3.84. The molecule has 1 heterocycles. The van der Waals surface area contributed by atoms with E-state index in [0.29, 0.717) is 30.2 Å². The van der Waals surface area contributed by atoms with Gasteiger partial charge in [-0.2, -0.15) is 0 Å². The lowest BCUT2D eigenvalue weighted by Gasteiger charge is -2.22. The molecule has 0 aliphatic carbocycles. The third-order valence-corrected chi connectivity index (χ3v) is 3.08. The molecule has 0 radical (unpaired) electrons. The van der Waals surface area contributed by atoms with E-state index in [2.05, 4.69) is 15.4 Å². The van der Waals surface area contributed by atoms with Crippen LogP contribution in [0.15, 0.2) is 10.5 Å². The van der Waals surface area contributed by atoms with Crippen molar-refractivity contribution in [3.8, 4) is 0 Å². The van der Waals surface area contributed by atoms with Gasteiger partial charge in [0.05, 0.1) is 19.1 Å². The van der Waals surface area contributed by atoms with Crippen molar-refractivity contribution < 1.29 is 18.7 Å². The molecule has 0 spiro atoms. The fraction of sp³-hybridized carbons (Fsp3) is 0.571. The lowest BCUT2D eigenvalue weighted by atomic mass is 9.92. The molecular weight excluding hydrogens is 260 g/mol. The maximum atomic E-state index is 11.6. The SMILES string of the molecule is CNC(=O)C(C)(C)CNCc1cc(C(=O)OC)c(C)o1. The van der Waals surface area contributed by atoms with Gasteiger partial charge >= 0.3 is 5.97 Å². The fourth-order valence-electron chi connectivity index (χ4n) is 1.86. The second kappa shape index (κ2) is 6.56. The van der Waals surface area contributed by atoms with E-state index in [9.17, 15) is 9.59 Å². The van der Waals surface area contributed by atoms with E-state index in [0.717, 1.165) is 0 Å². The largest absolute Gasteiger partial charge is 0.465 e. The summed E-state index contributed by atoms with van der Waals surface area (Å²) in [6, 6.07) is 1.65. The van der Waals surface area contributed by atoms with Crippen LogP contribution in [0, 0.1) is 12.3 Å². The Kier molecular flexibility index (Phi) is 5.33. The highest BCUT2D eigenvalue weighted by Gasteiger charge is 2.26. The van der Waals surface area contributed by atoms with Gasteiger partial charge < -0.3 is 19.8 Å². The molecule has 0 aliphatic rings. The summed E-state index contributed by atoms with van der Waals surface area (Å²) in [5.74, 6) is 0.717. The molecular formula is C14H22N2O4. The normalized spacial score (nSPS) is 11.2. The number of esters is 1. The van der Waals surface area contributed by atoms with Gasteiger partial charge in [-0.25, -0.2) is 4.79 Å². The average Bonchev–Trinajstić information content (AvgIpc) is 2.77. The molecule has 0 fully saturated rings. The van der Waals surface area contributed by atoms with E-state index in [1.165, 1.54) is 7.11 Å². The van der Waals surface area contributed by atoms with Crippen LogP contribution in [-0.2, 0) is 16.1 Å². The number of rotatable bonds is 6. The van der Waals surface area contributed by atoms with Crippen LogP contribution in [0.5, 0.6) is 0 Å². The Morgan fingerprint density at radius 3 is 2.60 bits per heavy atom. The Labute approximate surface area is 118 Å². The minimum Gasteiger partial charge on any atom is -0.465 e. The Hall–Kier alpha value is -1.82. The van der Waals surface area contributed by atoms with E-state index in [1.54, 1.807) is 20.0 Å². The number of hydrogen-bond donors (Lipinski definition) is 2. The minimum absolute atomic E-state index is 0.0316. The summed E-state index contributed by atoms with van der Waals surface area (Å²) in [6.45, 7) is 6.36. The van der Waals surface area contributed by atoms with Gasteiger partial charge in [0.1, 0.15) is 17.1 Å². The highest BCUT2D eigenvalue weighted by Crippen LogP contribution is 2.17. The first-order valence-corrected chi connectivity index (χ1v) is 6.42. The van der Waals surface area contributed by atoms with E-state index < -0.39 is 11.4 Å². The summed E-state index contributed by atoms with van der Waals surface area (Å²) in [4.78, 5) is 23.1. The van der Waals surface area contributed by atoms with E-state index in [4.69, 9.17) is 4.42 Å². The number of hydrogen-bond acceptors (Lipinski definition) is 5. The summed E-state index contributed by atoms with van der Waals surface area (Å²) < 4.78 is 10.1. The Morgan fingerprint density at radius 2 is 2.05 bits per heavy atom. The maximum Gasteiger partial charge on any atom is 0.341 e. The van der Waals surface area contributed by atoms with Gasteiger partial charge in [-0.15, -0.1) is 0 Å². The topological polar surface area (TPSA) is 80.6 Å². The number of methoxy groups -OCH3 is 1. The molecule has 0 aliphatic heterocycles. The van der Waals surface area contributed by atoms with Crippen LogP contribution in [-0.4, -0.2) is 32.6 Å². The molecule has 2 N–H and O–H groups in total. The highest BCUT2D eigenvalue weighted by atomic mass is 16.5. The van der Waals surface area contributed by atoms with Crippen LogP contribution in [0.25, 0.3) is 0 Å². The predicted octanol–water partition coefficient (Wildman–Crippen LogP) is 1.24. The van der Waals surface area contributed by atoms with Crippen molar-refractivity contribution in [3.63, 3.8) is 0 Å². The van der Waals surface area contributed by atoms with Crippen molar-refractivity contribution in [3.05, 3.63) is 23.2 Å². The molecule has 112 valence electrons. The van der Waals surface area contributed by atoms with Crippen LogP contribution in [0.4, 0.5) is 0 Å². The lowest BCUT2D eigenvalue weighted by molar-refractivity contribution is -0.128. The number of carbonyl (C=O) groups is 2. The summed E-state index contributed by atoms with van der Waals surface area (Å²) in [5.41, 5.74) is -0.0865. The van der Waals surface area contributed by atoms with E-state index in [1.807, 2.05) is 13.8 Å². The first kappa shape index (κ1) is 16.2. The molecule has 0 bridgehead atoms. The van der Waals surface area contributed by atoms with Gasteiger partial charge in [0, 0.05) is 13.6 Å². The maximum absolute atomic E-state index is 11.6. The molecule has 0 atom stereocenters. The zero-order valence-corrected chi connectivity index (χ0v) is 12.6. The van der Waals surface area contributed by atoms with Crippen LogP contribution in [0.2, 0.25) is 0 Å². The molecule has 1 aromatic rings. The quantitative estimate of drug-likeness (QED) is 0.767. The van der Waals surface area contributed by atoms with Gasteiger partial charge in [0.2, 0.25) is 5.91 Å². The molecule has 0 unspecified atom stereocenters. The molecule has 0 aromatic carbocycles. The van der Waals surface area contributed by atoms with Gasteiger partial charge in [-0.1, -0.05) is 0 Å². The number of nitrogens with one attached hydrogen (secondary N) is 2. The highest BCUT2D eigenvalue weighted by molar-refractivity contribution is 5.90. The Balaban J connectivity index is 2.59. The van der Waals surface area contributed by atoms with E-state index >= 15 is 0 Å². The monoisotopic (exact) mass is 282 g/mol. The second-order valence-electron chi connectivity index (χ2n) is 5.24. The average molecular weight is 282 g/mol. The fourth-order valence-corrected chi connectivity index (χ4v) is 1.86. The first-order chi connectivity index (χ1) is 9.31. The smallest absolute Gasteiger partial charge is 0.341 e. The Morgan fingerprint density at radius 1 is 1.40 bits per heavy atom. The van der Waals surface area contributed by atoms with E-state index in [-0.39, 0.29) is 5.91 Å². The molecule has 1 rings (SSSR count). The zero-order chi connectivity index (χ0) is 15.3. The lowest BCUT2D eigenvalue weighted by Crippen LogP contribution is -2.41. The van der Waals surface area contributed by atoms with Crippen molar-refractivity contribution in [2.45, 2.75) is 27.3 Å².